The molecule has 18 heavy (non-hydrogen) atoms. The van der Waals surface area contributed by atoms with Crippen LogP contribution in [0.15, 0.2) is 24.3 Å². The van der Waals surface area contributed by atoms with E-state index >= 15 is 0 Å². The number of alkyl halides is 1. The van der Waals surface area contributed by atoms with Crippen molar-refractivity contribution < 1.29 is 19.1 Å². The maximum Gasteiger partial charge on any atom is 0.349 e. The second kappa shape index (κ2) is 7.87. The van der Waals surface area contributed by atoms with E-state index < -0.39 is 11.9 Å². The summed E-state index contributed by atoms with van der Waals surface area (Å²) in [7, 11) is 0. The molecular formula is C13H15BrO4. The van der Waals surface area contributed by atoms with Gasteiger partial charge in [0.05, 0.1) is 6.61 Å². The average molecular weight is 315 g/mol. The number of hydrogen-bond acceptors (Lipinski definition) is 4. The summed E-state index contributed by atoms with van der Waals surface area (Å²) in [4.78, 5) is 22.4. The number of unbranched alkanes of at least 4 members (excludes halogenated alkanes) is 1. The maximum absolute atomic E-state index is 11.6. The lowest BCUT2D eigenvalue weighted by molar-refractivity contribution is -0.135. The summed E-state index contributed by atoms with van der Waals surface area (Å²) < 4.78 is 10.0. The molecule has 1 aromatic carbocycles. The first kappa shape index (κ1) is 14.7. The smallest absolute Gasteiger partial charge is 0.349 e. The Morgan fingerprint density at radius 2 is 1.94 bits per heavy atom. The molecule has 4 nitrogen and oxygen atoms in total. The van der Waals surface area contributed by atoms with Crippen molar-refractivity contribution in [2.45, 2.75) is 19.8 Å². The third-order valence-electron chi connectivity index (χ3n) is 2.13. The molecule has 1 rings (SSSR count). The van der Waals surface area contributed by atoms with Crippen molar-refractivity contribution in [1.82, 2.24) is 0 Å². The van der Waals surface area contributed by atoms with E-state index in [-0.39, 0.29) is 5.56 Å². The van der Waals surface area contributed by atoms with E-state index in [2.05, 4.69) is 20.7 Å². The van der Waals surface area contributed by atoms with Gasteiger partial charge in [0.1, 0.15) is 11.3 Å². The van der Waals surface area contributed by atoms with Crippen molar-refractivity contribution in [3.8, 4) is 5.75 Å². The number of hydrogen-bond donors (Lipinski definition) is 0. The topological polar surface area (TPSA) is 52.6 Å². The predicted octanol–water partition coefficient (Wildman–Crippen LogP) is 2.94. The van der Waals surface area contributed by atoms with Crippen LogP contribution in [0.4, 0.5) is 0 Å². The minimum atomic E-state index is -0.682. The first-order valence-electron chi connectivity index (χ1n) is 5.65. The molecule has 0 spiro atoms. The maximum atomic E-state index is 11.6. The number of ether oxygens (including phenoxy) is 2. The standard InChI is InChI=1S/C13H15BrO4/c1-10(15)18-13(16)11-6-2-3-7-12(11)17-9-5-4-8-14/h2-3,6-7H,4-5,8-9H2,1H3. The van der Waals surface area contributed by atoms with Crippen LogP contribution in [0.3, 0.4) is 0 Å². The van der Waals surface area contributed by atoms with Crippen LogP contribution in [0, 0.1) is 0 Å². The molecule has 0 unspecified atom stereocenters. The van der Waals surface area contributed by atoms with Crippen LogP contribution in [0.2, 0.25) is 0 Å². The Morgan fingerprint density at radius 1 is 1.22 bits per heavy atom. The van der Waals surface area contributed by atoms with Gasteiger partial charge in [-0.1, -0.05) is 28.1 Å². The fourth-order valence-electron chi connectivity index (χ4n) is 1.33. The third-order valence-corrected chi connectivity index (χ3v) is 2.69. The van der Waals surface area contributed by atoms with Crippen LogP contribution < -0.4 is 4.74 Å². The van der Waals surface area contributed by atoms with Crippen LogP contribution >= 0.6 is 15.9 Å². The molecule has 0 bridgehead atoms. The Balaban J connectivity index is 2.67. The van der Waals surface area contributed by atoms with Gasteiger partial charge in [0.25, 0.3) is 0 Å². The molecule has 5 heteroatoms. The monoisotopic (exact) mass is 314 g/mol. The Kier molecular flexibility index (Phi) is 6.43. The van der Waals surface area contributed by atoms with Crippen molar-refractivity contribution >= 4 is 27.9 Å². The minimum absolute atomic E-state index is 0.270. The highest BCUT2D eigenvalue weighted by atomic mass is 79.9. The Labute approximate surface area is 114 Å². The molecule has 0 amide bonds. The Bertz CT molecular complexity index is 417. The van der Waals surface area contributed by atoms with Crippen LogP contribution in [-0.4, -0.2) is 23.9 Å². The third kappa shape index (κ3) is 4.87. The van der Waals surface area contributed by atoms with E-state index in [1.807, 2.05) is 0 Å². The molecule has 0 N–H and O–H groups in total. The predicted molar refractivity (Wildman–Crippen MR) is 71.1 cm³/mol. The lowest BCUT2D eigenvalue weighted by atomic mass is 10.2. The van der Waals surface area contributed by atoms with Crippen LogP contribution in [0.1, 0.15) is 30.1 Å². The van der Waals surface area contributed by atoms with Gasteiger partial charge in [0, 0.05) is 12.3 Å². The van der Waals surface area contributed by atoms with E-state index in [1.54, 1.807) is 24.3 Å². The number of rotatable bonds is 6. The molecule has 0 atom stereocenters. The first-order chi connectivity index (χ1) is 8.65. The summed E-state index contributed by atoms with van der Waals surface area (Å²) >= 11 is 3.33. The molecule has 0 fully saturated rings. The van der Waals surface area contributed by atoms with Gasteiger partial charge in [-0.2, -0.15) is 0 Å². The Morgan fingerprint density at radius 3 is 2.61 bits per heavy atom. The highest BCUT2D eigenvalue weighted by molar-refractivity contribution is 9.09. The molecule has 0 aliphatic carbocycles. The zero-order valence-corrected chi connectivity index (χ0v) is 11.7. The first-order valence-corrected chi connectivity index (χ1v) is 6.78. The van der Waals surface area contributed by atoms with Crippen molar-refractivity contribution in [3.63, 3.8) is 0 Å². The summed E-state index contributed by atoms with van der Waals surface area (Å²) in [5, 5.41) is 0.921. The Hall–Kier alpha value is -1.36. The van der Waals surface area contributed by atoms with Crippen molar-refractivity contribution in [3.05, 3.63) is 29.8 Å². The number of halogens is 1. The molecule has 0 saturated carbocycles. The van der Waals surface area contributed by atoms with Gasteiger partial charge in [-0.3, -0.25) is 4.79 Å². The molecule has 0 saturated heterocycles. The van der Waals surface area contributed by atoms with Crippen molar-refractivity contribution in [1.29, 1.82) is 0 Å². The van der Waals surface area contributed by atoms with Crippen molar-refractivity contribution in [2.24, 2.45) is 0 Å². The minimum Gasteiger partial charge on any atom is -0.493 e. The highest BCUT2D eigenvalue weighted by Crippen LogP contribution is 2.19. The SMILES string of the molecule is CC(=O)OC(=O)c1ccccc1OCCCCBr. The van der Waals surface area contributed by atoms with Gasteiger partial charge < -0.3 is 9.47 Å². The number of carbonyl (C=O) groups is 2. The lowest BCUT2D eigenvalue weighted by Gasteiger charge is -2.09. The van der Waals surface area contributed by atoms with Gasteiger partial charge in [-0.05, 0) is 25.0 Å². The largest absolute Gasteiger partial charge is 0.493 e. The van der Waals surface area contributed by atoms with Gasteiger partial charge in [0.2, 0.25) is 0 Å². The molecule has 98 valence electrons. The zero-order valence-electron chi connectivity index (χ0n) is 10.1. The van der Waals surface area contributed by atoms with Crippen molar-refractivity contribution in [2.75, 3.05) is 11.9 Å². The number of carbonyl (C=O) groups excluding carboxylic acids is 2. The van der Waals surface area contributed by atoms with Gasteiger partial charge in [-0.15, -0.1) is 0 Å². The second-order valence-corrected chi connectivity index (χ2v) is 4.41. The van der Waals surface area contributed by atoms with Crippen LogP contribution in [0.25, 0.3) is 0 Å². The van der Waals surface area contributed by atoms with E-state index in [1.165, 1.54) is 6.92 Å². The van der Waals surface area contributed by atoms with Gasteiger partial charge in [0.15, 0.2) is 0 Å². The van der Waals surface area contributed by atoms with E-state index in [0.29, 0.717) is 12.4 Å². The molecule has 0 aromatic heterocycles. The fourth-order valence-corrected chi connectivity index (χ4v) is 1.72. The van der Waals surface area contributed by atoms with Gasteiger partial charge in [-0.25, -0.2) is 4.79 Å². The van der Waals surface area contributed by atoms with Crippen LogP contribution in [-0.2, 0) is 9.53 Å². The summed E-state index contributed by atoms with van der Waals surface area (Å²) in [6, 6.07) is 6.72. The molecule has 0 aliphatic heterocycles. The molecular weight excluding hydrogens is 300 g/mol. The van der Waals surface area contributed by atoms with Gasteiger partial charge >= 0.3 is 11.9 Å². The van der Waals surface area contributed by atoms with E-state index in [0.717, 1.165) is 18.2 Å². The normalized spacial score (nSPS) is 9.89. The summed E-state index contributed by atoms with van der Waals surface area (Å²) in [6.45, 7) is 1.72. The summed E-state index contributed by atoms with van der Waals surface area (Å²) in [5.41, 5.74) is 0.270. The number of esters is 2. The fraction of sp³-hybridized carbons (Fsp3) is 0.385. The quantitative estimate of drug-likeness (QED) is 0.350. The molecule has 1 aromatic rings. The second-order valence-electron chi connectivity index (χ2n) is 3.62. The number of para-hydroxylation sites is 1. The highest BCUT2D eigenvalue weighted by Gasteiger charge is 2.15. The average Bonchev–Trinajstić information content (AvgIpc) is 2.34. The zero-order chi connectivity index (χ0) is 13.4. The lowest BCUT2D eigenvalue weighted by Crippen LogP contribution is -2.11. The van der Waals surface area contributed by atoms with E-state index in [9.17, 15) is 9.59 Å². The number of benzene rings is 1. The summed E-state index contributed by atoms with van der Waals surface area (Å²) in [6.07, 6.45) is 1.89. The van der Waals surface area contributed by atoms with E-state index in [4.69, 9.17) is 4.74 Å². The molecule has 0 radical (unpaired) electrons. The molecule has 0 heterocycles. The molecule has 0 aliphatic rings. The van der Waals surface area contributed by atoms with Crippen LogP contribution in [0.5, 0.6) is 5.75 Å². The summed E-state index contributed by atoms with van der Waals surface area (Å²) in [5.74, 6) is -0.869.